The molecule has 1 saturated carbocycles. The zero-order valence-corrected chi connectivity index (χ0v) is 22.7. The summed E-state index contributed by atoms with van der Waals surface area (Å²) in [6.07, 6.45) is 2.58. The number of carbonyl (C=O) groups excluding carboxylic acids is 2. The largest absolute Gasteiger partial charge is 0.444 e. The van der Waals surface area contributed by atoms with E-state index in [9.17, 15) is 14.0 Å². The molecule has 2 aliphatic rings. The molecule has 204 valence electrons. The molecule has 39 heavy (non-hydrogen) atoms. The molecular weight excluding hydrogens is 495 g/mol. The summed E-state index contributed by atoms with van der Waals surface area (Å²) in [7, 11) is 0. The van der Waals surface area contributed by atoms with Crippen molar-refractivity contribution < 1.29 is 18.7 Å². The van der Waals surface area contributed by atoms with Crippen molar-refractivity contribution in [2.45, 2.75) is 57.6 Å². The summed E-state index contributed by atoms with van der Waals surface area (Å²) >= 11 is 0. The smallest absolute Gasteiger partial charge is 0.408 e. The Morgan fingerprint density at radius 2 is 1.82 bits per heavy atom. The highest BCUT2D eigenvalue weighted by Gasteiger charge is 2.41. The van der Waals surface area contributed by atoms with Gasteiger partial charge in [0, 0.05) is 24.1 Å². The van der Waals surface area contributed by atoms with Crippen LogP contribution in [0.25, 0.3) is 22.4 Å². The van der Waals surface area contributed by atoms with E-state index in [4.69, 9.17) is 9.72 Å². The number of carbonyl (C=O) groups is 2. The second-order valence-corrected chi connectivity index (χ2v) is 11.2. The van der Waals surface area contributed by atoms with E-state index in [2.05, 4.69) is 10.6 Å². The topological polar surface area (TPSA) is 83.6 Å². The van der Waals surface area contributed by atoms with E-state index in [0.29, 0.717) is 18.1 Å². The van der Waals surface area contributed by atoms with Gasteiger partial charge in [-0.3, -0.25) is 4.79 Å². The maximum absolute atomic E-state index is 13.4. The van der Waals surface area contributed by atoms with Gasteiger partial charge < -0.3 is 20.3 Å². The molecule has 0 radical (unpaired) electrons. The Morgan fingerprint density at radius 1 is 1.10 bits per heavy atom. The molecule has 1 aromatic heterocycles. The predicted molar refractivity (Wildman–Crippen MR) is 151 cm³/mol. The Kier molecular flexibility index (Phi) is 7.30. The molecular formula is C31H35FN4O3. The summed E-state index contributed by atoms with van der Waals surface area (Å²) in [6, 6.07) is 19.9. The normalized spacial score (nSPS) is 16.4. The summed E-state index contributed by atoms with van der Waals surface area (Å²) in [5, 5.41) is 6.38. The maximum Gasteiger partial charge on any atom is 0.408 e. The van der Waals surface area contributed by atoms with Gasteiger partial charge >= 0.3 is 6.09 Å². The number of pyridine rings is 1. The first kappa shape index (κ1) is 26.7. The second kappa shape index (κ2) is 10.7. The Balaban J connectivity index is 1.54. The molecule has 5 rings (SSSR count). The summed E-state index contributed by atoms with van der Waals surface area (Å²) in [6.45, 7) is 5.36. The Labute approximate surface area is 228 Å². The van der Waals surface area contributed by atoms with Gasteiger partial charge in [-0.25, -0.2) is 14.2 Å². The third-order valence-electron chi connectivity index (χ3n) is 7.28. The van der Waals surface area contributed by atoms with Crippen LogP contribution >= 0.6 is 0 Å². The fraction of sp³-hybridized carbons (Fsp3) is 0.387. The van der Waals surface area contributed by atoms with E-state index >= 15 is 0 Å². The van der Waals surface area contributed by atoms with Crippen LogP contribution in [0.2, 0.25) is 0 Å². The van der Waals surface area contributed by atoms with Crippen LogP contribution in [0, 0.1) is 0 Å². The molecule has 0 spiro atoms. The standard InChI is InChI=1S/C31H35FN4O3/c1-30(2,3)39-29(38)35-31(15-7-16-31)23-12-10-22(11-13-23)27-24(21-8-5-4-6-9-21)20-25-28(34-27)33-18-14-26(37)36(25)19-17-32/h4-6,8-13,20H,7,14-19H2,1-3H3,(H,33,34)(H,35,38). The van der Waals surface area contributed by atoms with Crippen molar-refractivity contribution in [3.63, 3.8) is 0 Å². The second-order valence-electron chi connectivity index (χ2n) is 11.2. The average Bonchev–Trinajstić information content (AvgIpc) is 3.03. The maximum atomic E-state index is 13.4. The molecule has 1 aliphatic carbocycles. The van der Waals surface area contributed by atoms with Crippen LogP contribution in [0.3, 0.4) is 0 Å². The lowest BCUT2D eigenvalue weighted by molar-refractivity contribution is -0.118. The number of anilines is 2. The average molecular weight is 531 g/mol. The molecule has 0 saturated heterocycles. The number of alkyl carbamates (subject to hydrolysis) is 1. The minimum Gasteiger partial charge on any atom is -0.444 e. The lowest BCUT2D eigenvalue weighted by atomic mass is 9.71. The number of rotatable bonds is 6. The molecule has 2 aromatic carbocycles. The van der Waals surface area contributed by atoms with Crippen molar-refractivity contribution in [3.8, 4) is 22.4 Å². The molecule has 0 bridgehead atoms. The highest BCUT2D eigenvalue weighted by Crippen LogP contribution is 2.43. The predicted octanol–water partition coefficient (Wildman–Crippen LogP) is 6.44. The van der Waals surface area contributed by atoms with Gasteiger partial charge in [0.1, 0.15) is 12.3 Å². The number of nitrogens with zero attached hydrogens (tertiary/aromatic N) is 2. The molecule has 1 fully saturated rings. The van der Waals surface area contributed by atoms with Crippen molar-refractivity contribution in [1.82, 2.24) is 10.3 Å². The van der Waals surface area contributed by atoms with Crippen molar-refractivity contribution >= 4 is 23.5 Å². The number of alkyl halides is 1. The van der Waals surface area contributed by atoms with Gasteiger partial charge in [0.25, 0.3) is 0 Å². The third kappa shape index (κ3) is 5.60. The number of amides is 2. The number of benzene rings is 2. The van der Waals surface area contributed by atoms with Gasteiger partial charge in [-0.2, -0.15) is 0 Å². The summed E-state index contributed by atoms with van der Waals surface area (Å²) < 4.78 is 18.9. The Morgan fingerprint density at radius 3 is 2.44 bits per heavy atom. The van der Waals surface area contributed by atoms with Crippen molar-refractivity contribution in [2.24, 2.45) is 0 Å². The SMILES string of the molecule is CC(C)(C)OC(=O)NC1(c2ccc(-c3nc4c(cc3-c3ccccc3)N(CCF)C(=O)CCN4)cc2)CCC1. The quantitative estimate of drug-likeness (QED) is 0.383. The first-order valence-electron chi connectivity index (χ1n) is 13.5. The van der Waals surface area contributed by atoms with E-state index < -0.39 is 23.9 Å². The fourth-order valence-corrected chi connectivity index (χ4v) is 5.25. The molecule has 3 aromatic rings. The molecule has 7 nitrogen and oxygen atoms in total. The number of ether oxygens (including phenoxy) is 1. The van der Waals surface area contributed by atoms with Gasteiger partial charge in [0.05, 0.1) is 23.5 Å². The summed E-state index contributed by atoms with van der Waals surface area (Å²) in [4.78, 5) is 31.8. The van der Waals surface area contributed by atoms with E-state index in [1.807, 2.05) is 81.4 Å². The van der Waals surface area contributed by atoms with Crippen LogP contribution in [0.1, 0.15) is 52.0 Å². The summed E-state index contributed by atoms with van der Waals surface area (Å²) in [5.74, 6) is 0.440. The van der Waals surface area contributed by atoms with Crippen LogP contribution in [-0.2, 0) is 15.1 Å². The molecule has 0 unspecified atom stereocenters. The van der Waals surface area contributed by atoms with Crippen molar-refractivity contribution in [3.05, 3.63) is 66.2 Å². The highest BCUT2D eigenvalue weighted by molar-refractivity contribution is 6.00. The minimum atomic E-state index is -0.631. The van der Waals surface area contributed by atoms with Crippen LogP contribution in [0.5, 0.6) is 0 Å². The van der Waals surface area contributed by atoms with Crippen LogP contribution in [0.4, 0.5) is 20.7 Å². The fourth-order valence-electron chi connectivity index (χ4n) is 5.25. The Bertz CT molecular complexity index is 1350. The molecule has 2 N–H and O–H groups in total. The Hall–Kier alpha value is -3.94. The van der Waals surface area contributed by atoms with Gasteiger partial charge in [-0.1, -0.05) is 54.6 Å². The lowest BCUT2D eigenvalue weighted by Gasteiger charge is -2.43. The number of hydrogen-bond acceptors (Lipinski definition) is 5. The number of aromatic nitrogens is 1. The van der Waals surface area contributed by atoms with E-state index in [1.165, 1.54) is 4.90 Å². The summed E-state index contributed by atoms with van der Waals surface area (Å²) in [5.41, 5.74) is 4.07. The number of fused-ring (bicyclic) bond motifs is 1. The molecule has 0 atom stereocenters. The van der Waals surface area contributed by atoms with Crippen LogP contribution in [0.15, 0.2) is 60.7 Å². The van der Waals surface area contributed by atoms with Gasteiger partial charge in [-0.15, -0.1) is 0 Å². The zero-order chi connectivity index (χ0) is 27.6. The van der Waals surface area contributed by atoms with Gasteiger partial charge in [-0.05, 0) is 57.2 Å². The third-order valence-corrected chi connectivity index (χ3v) is 7.28. The molecule has 2 heterocycles. The molecule has 2 amide bonds. The van der Waals surface area contributed by atoms with Crippen molar-refractivity contribution in [1.29, 1.82) is 0 Å². The van der Waals surface area contributed by atoms with Crippen LogP contribution < -0.4 is 15.5 Å². The van der Waals surface area contributed by atoms with Crippen LogP contribution in [-0.4, -0.2) is 42.3 Å². The monoisotopic (exact) mass is 530 g/mol. The minimum absolute atomic E-state index is 0.00972. The van der Waals surface area contributed by atoms with Gasteiger partial charge in [0.2, 0.25) is 5.91 Å². The first-order chi connectivity index (χ1) is 18.7. The van der Waals surface area contributed by atoms with Crippen molar-refractivity contribution in [2.75, 3.05) is 30.0 Å². The lowest BCUT2D eigenvalue weighted by Crippen LogP contribution is -2.52. The van der Waals surface area contributed by atoms with E-state index in [0.717, 1.165) is 47.2 Å². The molecule has 1 aliphatic heterocycles. The highest BCUT2D eigenvalue weighted by atomic mass is 19.1. The number of hydrogen-bond donors (Lipinski definition) is 2. The zero-order valence-electron chi connectivity index (χ0n) is 22.7. The van der Waals surface area contributed by atoms with Gasteiger partial charge in [0.15, 0.2) is 5.82 Å². The van der Waals surface area contributed by atoms with E-state index in [1.54, 1.807) is 0 Å². The number of halogens is 1. The first-order valence-corrected chi connectivity index (χ1v) is 13.5. The molecule has 8 heteroatoms. The van der Waals surface area contributed by atoms with E-state index in [-0.39, 0.29) is 18.9 Å². The number of nitrogens with one attached hydrogen (secondary N) is 2.